The van der Waals surface area contributed by atoms with Crippen LogP contribution in [-0.2, 0) is 6.54 Å². The molecule has 0 saturated carbocycles. The number of aliphatic hydroxyl groups is 1. The van der Waals surface area contributed by atoms with Gasteiger partial charge in [-0.3, -0.25) is 4.90 Å². The first-order chi connectivity index (χ1) is 8.28. The van der Waals surface area contributed by atoms with Crippen molar-refractivity contribution in [3.8, 4) is 0 Å². The Morgan fingerprint density at radius 3 is 2.76 bits per heavy atom. The number of hydrogen-bond donors (Lipinski definition) is 2. The van der Waals surface area contributed by atoms with Gasteiger partial charge in [-0.05, 0) is 18.0 Å². The summed E-state index contributed by atoms with van der Waals surface area (Å²) in [6, 6.07) is 10.8. The Kier molecular flexibility index (Phi) is 4.54. The van der Waals surface area contributed by atoms with Crippen molar-refractivity contribution in [2.75, 3.05) is 26.2 Å². The average molecular weight is 234 g/mol. The fourth-order valence-corrected chi connectivity index (χ4v) is 2.42. The molecule has 94 valence electrons. The molecule has 1 aliphatic heterocycles. The number of nitrogens with zero attached hydrogens (tertiary/aromatic N) is 1. The van der Waals surface area contributed by atoms with E-state index in [2.05, 4.69) is 41.4 Å². The van der Waals surface area contributed by atoms with Gasteiger partial charge in [0.1, 0.15) is 0 Å². The summed E-state index contributed by atoms with van der Waals surface area (Å²) in [5, 5.41) is 12.7. The largest absolute Gasteiger partial charge is 0.395 e. The van der Waals surface area contributed by atoms with E-state index >= 15 is 0 Å². The highest BCUT2D eigenvalue weighted by Gasteiger charge is 2.20. The zero-order valence-corrected chi connectivity index (χ0v) is 10.5. The molecule has 0 aromatic heterocycles. The molecule has 0 bridgehead atoms. The standard InChI is InChI=1S/C14H22N2O/c1-12-7-15-14(11-17)10-16(8-12)9-13-5-3-2-4-6-13/h2-6,12,14-15,17H,7-11H2,1H3. The SMILES string of the molecule is CC1CNC(CO)CN(Cc2ccccc2)C1. The Morgan fingerprint density at radius 2 is 2.06 bits per heavy atom. The van der Waals surface area contributed by atoms with Gasteiger partial charge in [0.25, 0.3) is 0 Å². The van der Waals surface area contributed by atoms with Crippen LogP contribution in [0.2, 0.25) is 0 Å². The highest BCUT2D eigenvalue weighted by molar-refractivity contribution is 5.14. The molecule has 3 heteroatoms. The predicted octanol–water partition coefficient (Wildman–Crippen LogP) is 1.09. The third-order valence-electron chi connectivity index (χ3n) is 3.27. The van der Waals surface area contributed by atoms with Gasteiger partial charge in [-0.25, -0.2) is 0 Å². The van der Waals surface area contributed by atoms with E-state index < -0.39 is 0 Å². The zero-order valence-electron chi connectivity index (χ0n) is 10.5. The van der Waals surface area contributed by atoms with Gasteiger partial charge >= 0.3 is 0 Å². The molecule has 2 rings (SSSR count). The molecule has 0 spiro atoms. The van der Waals surface area contributed by atoms with Crippen LogP contribution in [0.15, 0.2) is 30.3 Å². The lowest BCUT2D eigenvalue weighted by Crippen LogP contribution is -2.39. The summed E-state index contributed by atoms with van der Waals surface area (Å²) < 4.78 is 0. The maximum atomic E-state index is 9.30. The summed E-state index contributed by atoms with van der Waals surface area (Å²) in [7, 11) is 0. The van der Waals surface area contributed by atoms with E-state index in [0.717, 1.165) is 26.2 Å². The molecule has 1 aromatic rings. The minimum Gasteiger partial charge on any atom is -0.395 e. The van der Waals surface area contributed by atoms with Crippen molar-refractivity contribution < 1.29 is 5.11 Å². The van der Waals surface area contributed by atoms with Gasteiger partial charge in [-0.1, -0.05) is 37.3 Å². The Bertz CT molecular complexity index is 328. The Morgan fingerprint density at radius 1 is 1.29 bits per heavy atom. The number of rotatable bonds is 3. The van der Waals surface area contributed by atoms with E-state index in [1.807, 2.05) is 6.07 Å². The first kappa shape index (κ1) is 12.6. The molecule has 0 aliphatic carbocycles. The van der Waals surface area contributed by atoms with Gasteiger partial charge in [-0.2, -0.15) is 0 Å². The minimum absolute atomic E-state index is 0.212. The van der Waals surface area contributed by atoms with Crippen LogP contribution >= 0.6 is 0 Å². The van der Waals surface area contributed by atoms with Crippen LogP contribution in [0, 0.1) is 5.92 Å². The second kappa shape index (κ2) is 6.15. The number of nitrogens with one attached hydrogen (secondary N) is 1. The molecule has 0 radical (unpaired) electrons. The van der Waals surface area contributed by atoms with Crippen molar-refractivity contribution in [1.82, 2.24) is 10.2 Å². The van der Waals surface area contributed by atoms with Gasteiger partial charge in [-0.15, -0.1) is 0 Å². The van der Waals surface area contributed by atoms with E-state index in [1.54, 1.807) is 0 Å². The smallest absolute Gasteiger partial charge is 0.0597 e. The van der Waals surface area contributed by atoms with Crippen molar-refractivity contribution >= 4 is 0 Å². The lowest BCUT2D eigenvalue weighted by atomic mass is 10.1. The van der Waals surface area contributed by atoms with Crippen LogP contribution in [0.3, 0.4) is 0 Å². The topological polar surface area (TPSA) is 35.5 Å². The first-order valence-corrected chi connectivity index (χ1v) is 6.38. The number of benzene rings is 1. The first-order valence-electron chi connectivity index (χ1n) is 6.38. The van der Waals surface area contributed by atoms with Crippen molar-refractivity contribution in [3.63, 3.8) is 0 Å². The highest BCUT2D eigenvalue weighted by atomic mass is 16.3. The predicted molar refractivity (Wildman–Crippen MR) is 69.8 cm³/mol. The van der Waals surface area contributed by atoms with Crippen molar-refractivity contribution in [2.45, 2.75) is 19.5 Å². The normalized spacial score (nSPS) is 26.7. The van der Waals surface area contributed by atoms with E-state index in [-0.39, 0.29) is 12.6 Å². The summed E-state index contributed by atoms with van der Waals surface area (Å²) in [6.45, 7) is 6.47. The van der Waals surface area contributed by atoms with Crippen molar-refractivity contribution in [2.24, 2.45) is 5.92 Å². The van der Waals surface area contributed by atoms with Crippen LogP contribution in [0.5, 0.6) is 0 Å². The van der Waals surface area contributed by atoms with E-state index in [1.165, 1.54) is 5.56 Å². The van der Waals surface area contributed by atoms with E-state index in [0.29, 0.717) is 5.92 Å². The van der Waals surface area contributed by atoms with Crippen LogP contribution in [-0.4, -0.2) is 42.3 Å². The maximum absolute atomic E-state index is 9.30. The Hall–Kier alpha value is -0.900. The molecule has 1 heterocycles. The third-order valence-corrected chi connectivity index (χ3v) is 3.27. The quantitative estimate of drug-likeness (QED) is 0.822. The molecular weight excluding hydrogens is 212 g/mol. The molecule has 17 heavy (non-hydrogen) atoms. The minimum atomic E-state index is 0.212. The monoisotopic (exact) mass is 234 g/mol. The lowest BCUT2D eigenvalue weighted by Gasteiger charge is -2.24. The molecule has 1 aromatic carbocycles. The molecule has 0 amide bonds. The van der Waals surface area contributed by atoms with Gasteiger partial charge in [0.2, 0.25) is 0 Å². The molecule has 3 nitrogen and oxygen atoms in total. The fraction of sp³-hybridized carbons (Fsp3) is 0.571. The molecule has 1 saturated heterocycles. The maximum Gasteiger partial charge on any atom is 0.0597 e. The van der Waals surface area contributed by atoms with Crippen molar-refractivity contribution in [3.05, 3.63) is 35.9 Å². The molecule has 2 unspecified atom stereocenters. The number of aliphatic hydroxyl groups excluding tert-OH is 1. The van der Waals surface area contributed by atoms with E-state index in [9.17, 15) is 5.11 Å². The lowest BCUT2D eigenvalue weighted by molar-refractivity contribution is 0.192. The van der Waals surface area contributed by atoms with Gasteiger partial charge in [0.05, 0.1) is 6.61 Å². The fourth-order valence-electron chi connectivity index (χ4n) is 2.42. The summed E-state index contributed by atoms with van der Waals surface area (Å²) >= 11 is 0. The summed E-state index contributed by atoms with van der Waals surface area (Å²) in [6.07, 6.45) is 0. The molecular formula is C14H22N2O. The molecule has 1 aliphatic rings. The van der Waals surface area contributed by atoms with Crippen LogP contribution in [0.1, 0.15) is 12.5 Å². The van der Waals surface area contributed by atoms with Gasteiger partial charge in [0, 0.05) is 25.7 Å². The molecule has 2 N–H and O–H groups in total. The van der Waals surface area contributed by atoms with E-state index in [4.69, 9.17) is 0 Å². The number of hydrogen-bond acceptors (Lipinski definition) is 3. The highest BCUT2D eigenvalue weighted by Crippen LogP contribution is 2.10. The summed E-state index contributed by atoms with van der Waals surface area (Å²) in [5.74, 6) is 0.635. The average Bonchev–Trinajstić information content (AvgIpc) is 2.52. The zero-order chi connectivity index (χ0) is 12.1. The Labute approximate surface area is 103 Å². The second-order valence-electron chi connectivity index (χ2n) is 5.07. The summed E-state index contributed by atoms with van der Waals surface area (Å²) in [4.78, 5) is 2.43. The van der Waals surface area contributed by atoms with Crippen molar-refractivity contribution in [1.29, 1.82) is 0 Å². The van der Waals surface area contributed by atoms with Crippen LogP contribution in [0.4, 0.5) is 0 Å². The second-order valence-corrected chi connectivity index (χ2v) is 5.07. The molecule has 1 fully saturated rings. The third kappa shape index (κ3) is 3.80. The van der Waals surface area contributed by atoms with Crippen LogP contribution < -0.4 is 5.32 Å². The Balaban J connectivity index is 1.98. The summed E-state index contributed by atoms with van der Waals surface area (Å²) in [5.41, 5.74) is 1.35. The molecule has 2 atom stereocenters. The van der Waals surface area contributed by atoms with Gasteiger partial charge < -0.3 is 10.4 Å². The van der Waals surface area contributed by atoms with Gasteiger partial charge in [0.15, 0.2) is 0 Å². The van der Waals surface area contributed by atoms with Crippen LogP contribution in [0.25, 0.3) is 0 Å².